The first kappa shape index (κ1) is 47.8. The first-order valence-corrected chi connectivity index (χ1v) is 21.8. The minimum Gasteiger partial charge on any atom is -0.327 e. The van der Waals surface area contributed by atoms with Crippen molar-refractivity contribution < 1.29 is 14.2 Å². The zero-order valence-electron chi connectivity index (χ0n) is 35.4. The van der Waals surface area contributed by atoms with Crippen molar-refractivity contribution in [3.05, 3.63) is 48.6 Å². The molecule has 0 bridgehead atoms. The van der Waals surface area contributed by atoms with Crippen LogP contribution >= 0.6 is 0 Å². The van der Waals surface area contributed by atoms with Crippen molar-refractivity contribution in [1.82, 2.24) is 5.32 Å². The van der Waals surface area contributed by atoms with E-state index in [-0.39, 0.29) is 23.2 Å². The lowest BCUT2D eigenvalue weighted by Gasteiger charge is -2.36. The highest BCUT2D eigenvalue weighted by molar-refractivity contribution is 4.93. The largest absolute Gasteiger partial charge is 0.327 e. The number of hydrogen-bond acceptors (Lipinski definition) is 4. The molecule has 0 amide bonds. The second kappa shape index (κ2) is 30.2. The van der Waals surface area contributed by atoms with Gasteiger partial charge in [0.05, 0.1) is 18.8 Å². The Morgan fingerprint density at radius 2 is 0.922 bits per heavy atom. The maximum Gasteiger partial charge on any atom is 0.280 e. The molecule has 2 atom stereocenters. The Morgan fingerprint density at radius 3 is 1.31 bits per heavy atom. The second-order valence-corrected chi connectivity index (χ2v) is 17.0. The van der Waals surface area contributed by atoms with Crippen molar-refractivity contribution in [2.24, 2.45) is 5.41 Å². The lowest BCUT2D eigenvalue weighted by molar-refractivity contribution is -0.337. The quantitative estimate of drug-likeness (QED) is 0.0532. The number of unbranched alkanes of at least 4 members (excludes halogenated alkanes) is 16. The second-order valence-electron chi connectivity index (χ2n) is 17.0. The van der Waals surface area contributed by atoms with Crippen LogP contribution in [0.25, 0.3) is 0 Å². The summed E-state index contributed by atoms with van der Waals surface area (Å²) < 4.78 is 19.7. The molecule has 1 fully saturated rings. The van der Waals surface area contributed by atoms with E-state index in [2.05, 4.69) is 95.5 Å². The van der Waals surface area contributed by atoms with Gasteiger partial charge < -0.3 is 19.5 Å². The zero-order valence-corrected chi connectivity index (χ0v) is 35.4. The molecule has 0 aromatic heterocycles. The van der Waals surface area contributed by atoms with E-state index in [1.807, 2.05) is 14.0 Å². The smallest absolute Gasteiger partial charge is 0.280 e. The normalized spacial score (nSPS) is 20.4. The highest BCUT2D eigenvalue weighted by Crippen LogP contribution is 2.37. The molecule has 4 heteroatoms. The Balaban J connectivity index is 2.42. The fourth-order valence-electron chi connectivity index (χ4n) is 7.26. The fourth-order valence-corrected chi connectivity index (χ4v) is 7.26. The minimum absolute atomic E-state index is 0.0100. The molecule has 298 valence electrons. The third kappa shape index (κ3) is 27.1. The van der Waals surface area contributed by atoms with Crippen molar-refractivity contribution in [3.8, 4) is 0 Å². The van der Waals surface area contributed by atoms with Gasteiger partial charge in [0.25, 0.3) is 5.97 Å². The molecular formula is C47H87NO3. The lowest BCUT2D eigenvalue weighted by Crippen LogP contribution is -2.43. The SMILES string of the molecule is CCCCCC=CCC=CCCCCCCCC1OC(C)(OCC(C)(C)CC(C)(C)NC)OC1CCCCCCCC=CCC=CCCCCC. The van der Waals surface area contributed by atoms with E-state index in [0.717, 1.165) is 32.1 Å². The summed E-state index contributed by atoms with van der Waals surface area (Å²) in [5.41, 5.74) is 0.0642. The molecule has 0 radical (unpaired) electrons. The Kier molecular flexibility index (Phi) is 28.3. The van der Waals surface area contributed by atoms with Gasteiger partial charge in [-0.1, -0.05) is 153 Å². The van der Waals surface area contributed by atoms with Crippen molar-refractivity contribution in [1.29, 1.82) is 0 Å². The molecule has 0 aromatic carbocycles. The summed E-state index contributed by atoms with van der Waals surface area (Å²) in [7, 11) is 2.04. The van der Waals surface area contributed by atoms with Crippen LogP contribution in [0, 0.1) is 5.41 Å². The molecule has 1 aliphatic heterocycles. The van der Waals surface area contributed by atoms with E-state index < -0.39 is 5.97 Å². The van der Waals surface area contributed by atoms with E-state index in [9.17, 15) is 0 Å². The number of nitrogens with one attached hydrogen (secondary N) is 1. The molecule has 51 heavy (non-hydrogen) atoms. The van der Waals surface area contributed by atoms with Crippen LogP contribution in [0.4, 0.5) is 0 Å². The lowest BCUT2D eigenvalue weighted by atomic mass is 9.81. The van der Waals surface area contributed by atoms with E-state index in [0.29, 0.717) is 6.61 Å². The van der Waals surface area contributed by atoms with E-state index >= 15 is 0 Å². The predicted molar refractivity (Wildman–Crippen MR) is 224 cm³/mol. The monoisotopic (exact) mass is 714 g/mol. The number of allylic oxidation sites excluding steroid dienone is 8. The molecule has 1 N–H and O–H groups in total. The van der Waals surface area contributed by atoms with Crippen molar-refractivity contribution in [2.75, 3.05) is 13.7 Å². The van der Waals surface area contributed by atoms with Crippen molar-refractivity contribution >= 4 is 0 Å². The highest BCUT2D eigenvalue weighted by Gasteiger charge is 2.45. The van der Waals surface area contributed by atoms with Gasteiger partial charge in [0, 0.05) is 12.5 Å². The van der Waals surface area contributed by atoms with Crippen LogP contribution in [0.5, 0.6) is 0 Å². The highest BCUT2D eigenvalue weighted by atomic mass is 16.9. The first-order valence-electron chi connectivity index (χ1n) is 21.8. The molecule has 1 aliphatic rings. The average Bonchev–Trinajstić information content (AvgIpc) is 3.42. The first-order chi connectivity index (χ1) is 24.6. The van der Waals surface area contributed by atoms with Gasteiger partial charge in [0.1, 0.15) is 0 Å². The minimum atomic E-state index is -0.954. The van der Waals surface area contributed by atoms with E-state index in [4.69, 9.17) is 14.2 Å². The average molecular weight is 714 g/mol. The Hall–Kier alpha value is -1.20. The summed E-state index contributed by atoms with van der Waals surface area (Å²) >= 11 is 0. The van der Waals surface area contributed by atoms with Crippen LogP contribution in [0.3, 0.4) is 0 Å². The number of hydrogen-bond donors (Lipinski definition) is 1. The maximum atomic E-state index is 6.62. The summed E-state index contributed by atoms with van der Waals surface area (Å²) in [4.78, 5) is 0. The zero-order chi connectivity index (χ0) is 37.5. The Labute approximate surface area is 319 Å². The van der Waals surface area contributed by atoms with Gasteiger partial charge in [-0.05, 0) is 110 Å². The summed E-state index contributed by atoms with van der Waals surface area (Å²) in [6.45, 7) is 16.2. The van der Waals surface area contributed by atoms with Crippen LogP contribution in [-0.4, -0.2) is 37.4 Å². The molecule has 1 heterocycles. The summed E-state index contributed by atoms with van der Waals surface area (Å²) in [5.74, 6) is -0.954. The van der Waals surface area contributed by atoms with Crippen LogP contribution in [0.1, 0.15) is 209 Å². The Bertz CT molecular complexity index is 862. The summed E-state index contributed by atoms with van der Waals surface area (Å²) in [6, 6.07) is 0. The third-order valence-electron chi connectivity index (χ3n) is 10.3. The molecule has 2 unspecified atom stereocenters. The predicted octanol–water partition coefficient (Wildman–Crippen LogP) is 14.5. The molecular weight excluding hydrogens is 627 g/mol. The van der Waals surface area contributed by atoms with Crippen LogP contribution in [-0.2, 0) is 14.2 Å². The van der Waals surface area contributed by atoms with Gasteiger partial charge in [0.2, 0.25) is 0 Å². The molecule has 4 nitrogen and oxygen atoms in total. The van der Waals surface area contributed by atoms with E-state index in [1.54, 1.807) is 0 Å². The van der Waals surface area contributed by atoms with Gasteiger partial charge in [-0.15, -0.1) is 0 Å². The molecule has 0 spiro atoms. The van der Waals surface area contributed by atoms with Gasteiger partial charge in [-0.3, -0.25) is 0 Å². The molecule has 1 saturated heterocycles. The van der Waals surface area contributed by atoms with Crippen LogP contribution < -0.4 is 5.32 Å². The maximum absolute atomic E-state index is 6.62. The van der Waals surface area contributed by atoms with Crippen LogP contribution in [0.15, 0.2) is 48.6 Å². The summed E-state index contributed by atoms with van der Waals surface area (Å²) in [6.07, 6.45) is 49.9. The fraction of sp³-hybridized carbons (Fsp3) is 0.830. The van der Waals surface area contributed by atoms with Crippen molar-refractivity contribution in [3.63, 3.8) is 0 Å². The molecule has 0 saturated carbocycles. The third-order valence-corrected chi connectivity index (χ3v) is 10.3. The number of ether oxygens (including phenoxy) is 3. The Morgan fingerprint density at radius 1 is 0.549 bits per heavy atom. The summed E-state index contributed by atoms with van der Waals surface area (Å²) in [5, 5.41) is 3.44. The molecule has 0 aliphatic carbocycles. The van der Waals surface area contributed by atoms with Gasteiger partial charge in [-0.2, -0.15) is 0 Å². The van der Waals surface area contributed by atoms with Gasteiger partial charge in [-0.25, -0.2) is 0 Å². The van der Waals surface area contributed by atoms with Gasteiger partial charge >= 0.3 is 0 Å². The van der Waals surface area contributed by atoms with Crippen molar-refractivity contribution in [2.45, 2.75) is 233 Å². The number of rotatable bonds is 34. The standard InChI is InChI=1S/C47H87NO3/c1-9-11-13-15-17-19-21-23-25-27-29-31-33-35-37-39-43-44(51-47(7,50-43)49-42-45(3,4)41-46(5,6)48-8)40-38-36-34-32-30-28-26-24-22-20-18-16-14-12-10-2/h17-20,23-26,43-44,48H,9-16,21-22,27-42H2,1-8H3. The molecule has 1 rings (SSSR count). The van der Waals surface area contributed by atoms with Gasteiger partial charge in [0.15, 0.2) is 0 Å². The molecule has 0 aromatic rings. The topological polar surface area (TPSA) is 39.7 Å². The van der Waals surface area contributed by atoms with E-state index in [1.165, 1.54) is 128 Å². The van der Waals surface area contributed by atoms with Crippen LogP contribution in [0.2, 0.25) is 0 Å².